The van der Waals surface area contributed by atoms with E-state index in [1.54, 1.807) is 26.3 Å². The van der Waals surface area contributed by atoms with Gasteiger partial charge in [-0.15, -0.1) is 0 Å². The van der Waals surface area contributed by atoms with Crippen molar-refractivity contribution in [3.63, 3.8) is 0 Å². The van der Waals surface area contributed by atoms with E-state index in [1.165, 1.54) is 0 Å². The molecule has 1 N–H and O–H groups in total. The average molecular weight is 391 g/mol. The Morgan fingerprint density at radius 1 is 1.10 bits per heavy atom. The van der Waals surface area contributed by atoms with Crippen LogP contribution in [0.5, 0.6) is 5.75 Å². The second kappa shape index (κ2) is 8.73. The Morgan fingerprint density at radius 3 is 2.41 bits per heavy atom. The van der Waals surface area contributed by atoms with E-state index in [4.69, 9.17) is 4.74 Å². The maximum atomic E-state index is 12.4. The Morgan fingerprint density at radius 2 is 1.83 bits per heavy atom. The molecule has 150 valence electrons. The van der Waals surface area contributed by atoms with Gasteiger partial charge in [0.25, 0.3) is 0 Å². The molecule has 0 bridgehead atoms. The number of methoxy groups -OCH3 is 1. The Hall–Kier alpha value is -3.41. The monoisotopic (exact) mass is 391 g/mol. The van der Waals surface area contributed by atoms with Crippen molar-refractivity contribution in [2.24, 2.45) is 0 Å². The number of aromatic nitrogens is 2. The van der Waals surface area contributed by atoms with E-state index in [0.29, 0.717) is 17.9 Å². The molecule has 29 heavy (non-hydrogen) atoms. The second-order valence-electron chi connectivity index (χ2n) is 6.98. The highest BCUT2D eigenvalue weighted by molar-refractivity contribution is 5.97. The molecule has 3 aromatic rings. The molecule has 0 saturated heterocycles. The number of hydrogen-bond donors (Lipinski definition) is 1. The molecule has 1 amide bonds. The number of amides is 1. The Labute approximate surface area is 170 Å². The first-order chi connectivity index (χ1) is 13.9. The molecule has 0 aliphatic heterocycles. The molecule has 0 fully saturated rings. The van der Waals surface area contributed by atoms with E-state index in [0.717, 1.165) is 28.3 Å². The molecule has 6 heteroatoms. The predicted molar refractivity (Wildman–Crippen MR) is 113 cm³/mol. The molecular weight excluding hydrogens is 366 g/mol. The lowest BCUT2D eigenvalue weighted by molar-refractivity contribution is -0.116. The van der Waals surface area contributed by atoms with Gasteiger partial charge in [-0.2, -0.15) is 0 Å². The molecule has 0 saturated carbocycles. The number of anilines is 1. The quantitative estimate of drug-likeness (QED) is 0.606. The molecule has 3 rings (SSSR count). The molecule has 0 radical (unpaired) electrons. The average Bonchev–Trinajstić information content (AvgIpc) is 3.05. The van der Waals surface area contributed by atoms with E-state index >= 15 is 0 Å². The van der Waals surface area contributed by atoms with Crippen LogP contribution in [0.3, 0.4) is 0 Å². The normalized spacial score (nSPS) is 10.6. The van der Waals surface area contributed by atoms with Gasteiger partial charge >= 0.3 is 0 Å². The molecular formula is C23H25N3O3. The summed E-state index contributed by atoms with van der Waals surface area (Å²) in [5.74, 6) is 1.17. The van der Waals surface area contributed by atoms with E-state index in [1.807, 2.05) is 54.8 Å². The number of hydrogen-bond acceptors (Lipinski definition) is 4. The zero-order valence-electron chi connectivity index (χ0n) is 17.2. The number of Topliss-reactive ketones (excluding diaryl/α,β-unsaturated/α-hetero) is 1. The van der Waals surface area contributed by atoms with Crippen molar-refractivity contribution >= 4 is 17.5 Å². The number of ether oxygens (including phenoxy) is 1. The summed E-state index contributed by atoms with van der Waals surface area (Å²) in [5.41, 5.74) is 4.41. The zero-order valence-corrected chi connectivity index (χ0v) is 17.2. The predicted octanol–water partition coefficient (Wildman–Crippen LogP) is 4.41. The summed E-state index contributed by atoms with van der Waals surface area (Å²) >= 11 is 0. The van der Waals surface area contributed by atoms with Gasteiger partial charge in [-0.05, 0) is 68.3 Å². The van der Waals surface area contributed by atoms with Gasteiger partial charge in [0.15, 0.2) is 5.78 Å². The first-order valence-electron chi connectivity index (χ1n) is 9.47. The van der Waals surface area contributed by atoms with E-state index < -0.39 is 0 Å². The number of nitrogens with zero attached hydrogens (tertiary/aromatic N) is 2. The van der Waals surface area contributed by atoms with E-state index in [-0.39, 0.29) is 18.1 Å². The van der Waals surface area contributed by atoms with Gasteiger partial charge < -0.3 is 14.6 Å². The summed E-state index contributed by atoms with van der Waals surface area (Å²) < 4.78 is 7.24. The highest BCUT2D eigenvalue weighted by Gasteiger charge is 2.17. The smallest absolute Gasteiger partial charge is 0.227 e. The van der Waals surface area contributed by atoms with Crippen LogP contribution in [0.15, 0.2) is 48.7 Å². The molecule has 1 aromatic carbocycles. The molecule has 0 aliphatic carbocycles. The summed E-state index contributed by atoms with van der Waals surface area (Å²) in [6.07, 6.45) is 1.98. The van der Waals surface area contributed by atoms with Gasteiger partial charge in [-0.3, -0.25) is 9.59 Å². The molecule has 0 unspecified atom stereocenters. The minimum absolute atomic E-state index is 0.00400. The SMILES string of the molecule is COc1ccc(-c2cc(C(C)=O)c(C)n2CCC(=O)Nc2ccc(C)cn2)cc1. The van der Waals surface area contributed by atoms with Gasteiger partial charge in [0.1, 0.15) is 11.6 Å². The van der Waals surface area contributed by atoms with Gasteiger partial charge in [-0.1, -0.05) is 6.07 Å². The number of aryl methyl sites for hydroxylation is 1. The third-order valence-corrected chi connectivity index (χ3v) is 4.87. The maximum absolute atomic E-state index is 12.4. The first-order valence-corrected chi connectivity index (χ1v) is 9.47. The van der Waals surface area contributed by atoms with E-state index in [2.05, 4.69) is 10.3 Å². The number of pyridine rings is 1. The summed E-state index contributed by atoms with van der Waals surface area (Å²) in [5, 5.41) is 2.82. The topological polar surface area (TPSA) is 73.2 Å². The first kappa shape index (κ1) is 20.3. The standard InChI is InChI=1S/C23H25N3O3/c1-15-5-10-22(24-14-15)25-23(28)11-12-26-16(2)20(17(3)27)13-21(26)18-6-8-19(29-4)9-7-18/h5-10,13-14H,11-12H2,1-4H3,(H,24,25,28). The van der Waals surface area contributed by atoms with Crippen LogP contribution in [-0.4, -0.2) is 28.4 Å². The fraction of sp³-hybridized carbons (Fsp3) is 0.261. The molecule has 2 heterocycles. The lowest BCUT2D eigenvalue weighted by atomic mass is 10.1. The molecule has 0 aliphatic rings. The van der Waals surface area contributed by atoms with Gasteiger partial charge in [0.2, 0.25) is 5.91 Å². The summed E-state index contributed by atoms with van der Waals surface area (Å²) in [6.45, 7) is 5.86. The van der Waals surface area contributed by atoms with Gasteiger partial charge in [0.05, 0.1) is 7.11 Å². The number of ketones is 1. The minimum atomic E-state index is -0.125. The van der Waals surface area contributed by atoms with Crippen LogP contribution in [0.25, 0.3) is 11.3 Å². The van der Waals surface area contributed by atoms with Crippen LogP contribution >= 0.6 is 0 Å². The number of rotatable bonds is 7. The minimum Gasteiger partial charge on any atom is -0.497 e. The summed E-state index contributed by atoms with van der Waals surface area (Å²) in [4.78, 5) is 28.7. The van der Waals surface area contributed by atoms with Gasteiger partial charge in [0, 0.05) is 36.1 Å². The van der Waals surface area contributed by atoms with Crippen molar-refractivity contribution in [1.82, 2.24) is 9.55 Å². The Kier molecular flexibility index (Phi) is 6.12. The van der Waals surface area contributed by atoms with Crippen molar-refractivity contribution in [3.05, 3.63) is 65.5 Å². The molecule has 0 atom stereocenters. The largest absolute Gasteiger partial charge is 0.497 e. The zero-order chi connectivity index (χ0) is 21.0. The number of carbonyl (C=O) groups is 2. The van der Waals surface area contributed by atoms with Crippen molar-refractivity contribution in [3.8, 4) is 17.0 Å². The molecule has 2 aromatic heterocycles. The van der Waals surface area contributed by atoms with Gasteiger partial charge in [-0.25, -0.2) is 4.98 Å². The van der Waals surface area contributed by atoms with Crippen molar-refractivity contribution in [2.75, 3.05) is 12.4 Å². The van der Waals surface area contributed by atoms with Crippen LogP contribution in [0.4, 0.5) is 5.82 Å². The lowest BCUT2D eigenvalue weighted by Crippen LogP contribution is -2.16. The van der Waals surface area contributed by atoms with Crippen molar-refractivity contribution in [1.29, 1.82) is 0 Å². The highest BCUT2D eigenvalue weighted by Crippen LogP contribution is 2.28. The highest BCUT2D eigenvalue weighted by atomic mass is 16.5. The summed E-state index contributed by atoms with van der Waals surface area (Å²) in [7, 11) is 1.62. The van der Waals surface area contributed by atoms with Crippen LogP contribution in [0.1, 0.15) is 35.0 Å². The molecule has 6 nitrogen and oxygen atoms in total. The number of carbonyl (C=O) groups excluding carboxylic acids is 2. The third kappa shape index (κ3) is 4.71. The summed E-state index contributed by atoms with van der Waals surface area (Å²) in [6, 6.07) is 13.2. The van der Waals surface area contributed by atoms with Crippen LogP contribution in [-0.2, 0) is 11.3 Å². The van der Waals surface area contributed by atoms with Crippen LogP contribution in [0.2, 0.25) is 0 Å². The maximum Gasteiger partial charge on any atom is 0.227 e. The lowest BCUT2D eigenvalue weighted by Gasteiger charge is -2.13. The molecule has 0 spiro atoms. The fourth-order valence-corrected chi connectivity index (χ4v) is 3.25. The number of nitrogens with one attached hydrogen (secondary N) is 1. The van der Waals surface area contributed by atoms with E-state index in [9.17, 15) is 9.59 Å². The Balaban J connectivity index is 1.82. The second-order valence-corrected chi connectivity index (χ2v) is 6.98. The third-order valence-electron chi connectivity index (χ3n) is 4.87. The number of benzene rings is 1. The Bertz CT molecular complexity index is 1020. The van der Waals surface area contributed by atoms with Crippen molar-refractivity contribution < 1.29 is 14.3 Å². The fourth-order valence-electron chi connectivity index (χ4n) is 3.25. The van der Waals surface area contributed by atoms with Crippen LogP contribution < -0.4 is 10.1 Å². The van der Waals surface area contributed by atoms with Crippen molar-refractivity contribution in [2.45, 2.75) is 33.7 Å². The van der Waals surface area contributed by atoms with Crippen LogP contribution in [0, 0.1) is 13.8 Å².